The Bertz CT molecular complexity index is 605. The van der Waals surface area contributed by atoms with Crippen molar-refractivity contribution in [1.82, 2.24) is 15.2 Å². The summed E-state index contributed by atoms with van der Waals surface area (Å²) in [7, 11) is 0. The first-order chi connectivity index (χ1) is 8.58. The van der Waals surface area contributed by atoms with E-state index >= 15 is 0 Å². The number of primary amides is 1. The minimum Gasteiger partial charge on any atom is -0.365 e. The number of nitrogens with one attached hydrogen (secondary N) is 2. The first kappa shape index (κ1) is 11.8. The SMILES string of the molecule is Cc1cccc(C(=O)Nc2[nH]ncc2C(N)=O)n1. The van der Waals surface area contributed by atoms with E-state index < -0.39 is 11.8 Å². The molecule has 18 heavy (non-hydrogen) atoms. The van der Waals surface area contributed by atoms with E-state index in [-0.39, 0.29) is 17.1 Å². The number of anilines is 1. The number of nitrogens with zero attached hydrogens (tertiary/aromatic N) is 2. The summed E-state index contributed by atoms with van der Waals surface area (Å²) in [6.45, 7) is 1.78. The standard InChI is InChI=1S/C11H11N5O2/c1-6-3-2-4-8(14-6)11(18)15-10-7(9(12)17)5-13-16-10/h2-5H,1H3,(H2,12,17)(H2,13,15,16,18). The van der Waals surface area contributed by atoms with Crippen LogP contribution < -0.4 is 11.1 Å². The number of nitrogens with two attached hydrogens (primary N) is 1. The smallest absolute Gasteiger partial charge is 0.275 e. The lowest BCUT2D eigenvalue weighted by Gasteiger charge is -2.04. The molecule has 2 heterocycles. The second-order valence-electron chi connectivity index (χ2n) is 3.64. The largest absolute Gasteiger partial charge is 0.365 e. The van der Waals surface area contributed by atoms with E-state index in [0.717, 1.165) is 5.69 Å². The van der Waals surface area contributed by atoms with Gasteiger partial charge in [-0.1, -0.05) is 6.07 Å². The van der Waals surface area contributed by atoms with Crippen LogP contribution in [0.25, 0.3) is 0 Å². The van der Waals surface area contributed by atoms with E-state index in [9.17, 15) is 9.59 Å². The maximum absolute atomic E-state index is 11.9. The molecule has 0 aliphatic carbocycles. The average Bonchev–Trinajstić information content (AvgIpc) is 2.77. The van der Waals surface area contributed by atoms with Gasteiger partial charge in [-0.2, -0.15) is 5.10 Å². The zero-order valence-electron chi connectivity index (χ0n) is 9.60. The van der Waals surface area contributed by atoms with Crippen LogP contribution in [0.5, 0.6) is 0 Å². The van der Waals surface area contributed by atoms with Crippen LogP contribution >= 0.6 is 0 Å². The Morgan fingerprint density at radius 3 is 2.83 bits per heavy atom. The fourth-order valence-corrected chi connectivity index (χ4v) is 1.42. The number of amides is 2. The van der Waals surface area contributed by atoms with Crippen molar-refractivity contribution in [2.75, 3.05) is 5.32 Å². The molecule has 0 radical (unpaired) electrons. The maximum atomic E-state index is 11.9. The van der Waals surface area contributed by atoms with Gasteiger partial charge in [0.2, 0.25) is 0 Å². The van der Waals surface area contributed by atoms with Gasteiger partial charge in [0.05, 0.1) is 6.20 Å². The normalized spacial score (nSPS) is 10.1. The quantitative estimate of drug-likeness (QED) is 0.728. The van der Waals surface area contributed by atoms with E-state index in [4.69, 9.17) is 5.73 Å². The maximum Gasteiger partial charge on any atom is 0.275 e. The van der Waals surface area contributed by atoms with Crippen LogP contribution in [0, 0.1) is 6.92 Å². The molecule has 0 unspecified atom stereocenters. The van der Waals surface area contributed by atoms with Crippen LogP contribution in [0.3, 0.4) is 0 Å². The Morgan fingerprint density at radius 2 is 2.17 bits per heavy atom. The molecular formula is C11H11N5O2. The lowest BCUT2D eigenvalue weighted by atomic mass is 10.3. The highest BCUT2D eigenvalue weighted by molar-refractivity contribution is 6.06. The third-order valence-corrected chi connectivity index (χ3v) is 2.26. The zero-order valence-corrected chi connectivity index (χ0v) is 9.60. The number of aromatic nitrogens is 3. The molecule has 0 aliphatic heterocycles. The van der Waals surface area contributed by atoms with Gasteiger partial charge in [0.15, 0.2) is 0 Å². The number of aryl methyl sites for hydroxylation is 1. The summed E-state index contributed by atoms with van der Waals surface area (Å²) in [6, 6.07) is 5.07. The van der Waals surface area contributed by atoms with Crippen LogP contribution in [0.2, 0.25) is 0 Å². The molecule has 0 spiro atoms. The number of carbonyl (C=O) groups is 2. The van der Waals surface area contributed by atoms with Gasteiger partial charge in [0, 0.05) is 5.69 Å². The Kier molecular flexibility index (Phi) is 3.05. The first-order valence-electron chi connectivity index (χ1n) is 5.16. The summed E-state index contributed by atoms with van der Waals surface area (Å²) in [6.07, 6.45) is 1.25. The van der Waals surface area contributed by atoms with E-state index in [0.29, 0.717) is 0 Å². The highest BCUT2D eigenvalue weighted by Gasteiger charge is 2.14. The minimum absolute atomic E-state index is 0.121. The number of aromatic amines is 1. The second kappa shape index (κ2) is 4.66. The molecule has 0 saturated carbocycles. The van der Waals surface area contributed by atoms with Crippen LogP contribution in [-0.2, 0) is 0 Å². The molecule has 2 amide bonds. The van der Waals surface area contributed by atoms with Gasteiger partial charge in [0.1, 0.15) is 17.1 Å². The number of pyridine rings is 1. The Morgan fingerprint density at radius 1 is 1.39 bits per heavy atom. The van der Waals surface area contributed by atoms with Gasteiger partial charge in [-0.15, -0.1) is 0 Å². The minimum atomic E-state index is -0.670. The zero-order chi connectivity index (χ0) is 13.1. The average molecular weight is 245 g/mol. The molecule has 0 aromatic carbocycles. The molecule has 0 aliphatic rings. The van der Waals surface area contributed by atoms with E-state index in [1.54, 1.807) is 25.1 Å². The van der Waals surface area contributed by atoms with Crippen molar-refractivity contribution in [1.29, 1.82) is 0 Å². The highest BCUT2D eigenvalue weighted by Crippen LogP contribution is 2.11. The van der Waals surface area contributed by atoms with E-state index in [1.807, 2.05) is 0 Å². The van der Waals surface area contributed by atoms with Crippen LogP contribution in [0.1, 0.15) is 26.5 Å². The van der Waals surface area contributed by atoms with Crippen LogP contribution in [0.4, 0.5) is 5.82 Å². The summed E-state index contributed by atoms with van der Waals surface area (Å²) in [5, 5.41) is 8.63. The molecular weight excluding hydrogens is 234 g/mol. The van der Waals surface area contributed by atoms with Crippen molar-refractivity contribution < 1.29 is 9.59 Å². The van der Waals surface area contributed by atoms with Gasteiger partial charge in [0.25, 0.3) is 11.8 Å². The van der Waals surface area contributed by atoms with Gasteiger partial charge in [-0.3, -0.25) is 14.7 Å². The molecule has 2 rings (SSSR count). The topological polar surface area (TPSA) is 114 Å². The first-order valence-corrected chi connectivity index (χ1v) is 5.16. The number of carbonyl (C=O) groups excluding carboxylic acids is 2. The third kappa shape index (κ3) is 2.34. The predicted molar refractivity (Wildman–Crippen MR) is 64.0 cm³/mol. The number of hydrogen-bond donors (Lipinski definition) is 3. The summed E-state index contributed by atoms with van der Waals surface area (Å²) in [5.74, 6) is -0.947. The highest BCUT2D eigenvalue weighted by atomic mass is 16.2. The molecule has 7 nitrogen and oxygen atoms in total. The van der Waals surface area contributed by atoms with Crippen LogP contribution in [0.15, 0.2) is 24.4 Å². The van der Waals surface area contributed by atoms with Crippen molar-refractivity contribution in [3.05, 3.63) is 41.3 Å². The lowest BCUT2D eigenvalue weighted by molar-refractivity contribution is 0.100. The van der Waals surface area contributed by atoms with Crippen molar-refractivity contribution in [3.63, 3.8) is 0 Å². The molecule has 0 bridgehead atoms. The summed E-state index contributed by atoms with van der Waals surface area (Å²) < 4.78 is 0. The van der Waals surface area contributed by atoms with Crippen molar-refractivity contribution in [2.45, 2.75) is 6.92 Å². The second-order valence-corrected chi connectivity index (χ2v) is 3.64. The lowest BCUT2D eigenvalue weighted by Crippen LogP contribution is -2.18. The van der Waals surface area contributed by atoms with Crippen molar-refractivity contribution in [2.24, 2.45) is 5.73 Å². The molecule has 0 atom stereocenters. The van der Waals surface area contributed by atoms with E-state index in [1.165, 1.54) is 6.20 Å². The molecule has 92 valence electrons. The van der Waals surface area contributed by atoms with Crippen molar-refractivity contribution in [3.8, 4) is 0 Å². The number of hydrogen-bond acceptors (Lipinski definition) is 4. The molecule has 4 N–H and O–H groups in total. The molecule has 7 heteroatoms. The third-order valence-electron chi connectivity index (χ3n) is 2.26. The fraction of sp³-hybridized carbons (Fsp3) is 0.0909. The molecule has 2 aromatic heterocycles. The Hall–Kier alpha value is -2.70. The van der Waals surface area contributed by atoms with Crippen LogP contribution in [-0.4, -0.2) is 27.0 Å². The summed E-state index contributed by atoms with van der Waals surface area (Å²) >= 11 is 0. The molecule has 0 saturated heterocycles. The predicted octanol–water partition coefficient (Wildman–Crippen LogP) is 0.464. The van der Waals surface area contributed by atoms with Gasteiger partial charge in [-0.25, -0.2) is 4.98 Å². The number of H-pyrrole nitrogens is 1. The Balaban J connectivity index is 2.21. The van der Waals surface area contributed by atoms with Gasteiger partial charge in [-0.05, 0) is 19.1 Å². The monoisotopic (exact) mass is 245 g/mol. The molecule has 0 fully saturated rings. The molecule has 2 aromatic rings. The fourth-order valence-electron chi connectivity index (χ4n) is 1.42. The van der Waals surface area contributed by atoms with E-state index in [2.05, 4.69) is 20.5 Å². The van der Waals surface area contributed by atoms with Gasteiger partial charge < -0.3 is 11.1 Å². The summed E-state index contributed by atoms with van der Waals surface area (Å²) in [4.78, 5) is 27.0. The Labute approximate surface area is 102 Å². The summed E-state index contributed by atoms with van der Waals surface area (Å²) in [5.41, 5.74) is 6.23. The van der Waals surface area contributed by atoms with Gasteiger partial charge >= 0.3 is 0 Å². The number of rotatable bonds is 3. The van der Waals surface area contributed by atoms with Crippen molar-refractivity contribution >= 4 is 17.6 Å².